The summed E-state index contributed by atoms with van der Waals surface area (Å²) in [5.74, 6) is 0.347. The number of carbonyl (C=O) groups is 1. The van der Waals surface area contributed by atoms with Gasteiger partial charge >= 0.3 is 5.97 Å². The number of carbonyl (C=O) groups excluding carboxylic acids is 1. The van der Waals surface area contributed by atoms with E-state index in [1.807, 2.05) is 0 Å². The normalized spacial score (nSPS) is 15.2. The third kappa shape index (κ3) is 4.59. The van der Waals surface area contributed by atoms with Crippen molar-refractivity contribution >= 4 is 40.7 Å². The Morgan fingerprint density at radius 2 is 1.95 bits per heavy atom. The van der Waals surface area contributed by atoms with Gasteiger partial charge in [-0.05, 0) is 49.7 Å². The molecule has 0 saturated carbocycles. The Labute approximate surface area is 224 Å². The molecule has 0 N–H and O–H groups in total. The zero-order valence-corrected chi connectivity index (χ0v) is 21.8. The second-order valence-corrected chi connectivity index (χ2v) is 9.75. The summed E-state index contributed by atoms with van der Waals surface area (Å²) in [5.41, 5.74) is 1.55. The van der Waals surface area contributed by atoms with E-state index in [0.717, 1.165) is 0 Å². The van der Waals surface area contributed by atoms with Gasteiger partial charge < -0.3 is 9.15 Å². The highest BCUT2D eigenvalue weighted by Crippen LogP contribution is 2.34. The van der Waals surface area contributed by atoms with Crippen molar-refractivity contribution in [2.75, 3.05) is 6.61 Å². The number of nitro benzene ring substituents is 1. The Morgan fingerprint density at radius 1 is 1.21 bits per heavy atom. The number of hydrogen-bond acceptors (Lipinski definition) is 8. The van der Waals surface area contributed by atoms with Crippen molar-refractivity contribution in [2.24, 2.45) is 4.99 Å². The molecule has 11 heteroatoms. The number of fused-ring (bicyclic) bond motifs is 1. The van der Waals surface area contributed by atoms with Crippen molar-refractivity contribution < 1.29 is 18.9 Å². The Bertz CT molecular complexity index is 1780. The van der Waals surface area contributed by atoms with Crippen LogP contribution in [0.2, 0.25) is 5.02 Å². The summed E-state index contributed by atoms with van der Waals surface area (Å²) >= 11 is 7.68. The van der Waals surface area contributed by atoms with Crippen LogP contribution in [0.25, 0.3) is 17.4 Å². The molecule has 0 radical (unpaired) electrons. The predicted molar refractivity (Wildman–Crippen MR) is 143 cm³/mol. The minimum atomic E-state index is -0.812. The van der Waals surface area contributed by atoms with Crippen molar-refractivity contribution in [1.82, 2.24) is 4.57 Å². The van der Waals surface area contributed by atoms with Gasteiger partial charge in [0, 0.05) is 28.8 Å². The molecule has 2 aromatic carbocycles. The number of allylic oxidation sites excluding steroid dienone is 1. The molecule has 1 aliphatic rings. The first kappa shape index (κ1) is 25.4. The Kier molecular flexibility index (Phi) is 6.83. The van der Waals surface area contributed by atoms with Gasteiger partial charge in [-0.15, -0.1) is 0 Å². The van der Waals surface area contributed by atoms with Gasteiger partial charge in [-0.2, -0.15) is 0 Å². The van der Waals surface area contributed by atoms with Crippen molar-refractivity contribution in [3.05, 3.63) is 118 Å². The molecule has 9 nitrogen and oxygen atoms in total. The smallest absolute Gasteiger partial charge is 0.338 e. The van der Waals surface area contributed by atoms with Crippen LogP contribution in [0.3, 0.4) is 0 Å². The molecule has 0 saturated heterocycles. The van der Waals surface area contributed by atoms with Crippen molar-refractivity contribution in [3.63, 3.8) is 0 Å². The first-order valence-electron chi connectivity index (χ1n) is 11.6. The SMILES string of the molecule is CCOC(=O)C1=C(C)N=c2s/c(=C/c3ccc(-c4ccc([N+](=O)[O-])cc4)o3)c(=O)n2C1c1ccccc1Cl. The molecule has 0 fully saturated rings. The topological polar surface area (TPSA) is 117 Å². The van der Waals surface area contributed by atoms with E-state index in [0.29, 0.717) is 42.7 Å². The van der Waals surface area contributed by atoms with E-state index in [4.69, 9.17) is 20.8 Å². The van der Waals surface area contributed by atoms with Crippen molar-refractivity contribution in [3.8, 4) is 11.3 Å². The second kappa shape index (κ2) is 10.2. The number of nitro groups is 1. The molecule has 192 valence electrons. The highest BCUT2D eigenvalue weighted by molar-refractivity contribution is 7.07. The summed E-state index contributed by atoms with van der Waals surface area (Å²) in [6, 6.07) is 15.6. The lowest BCUT2D eigenvalue weighted by Gasteiger charge is -2.25. The van der Waals surface area contributed by atoms with Gasteiger partial charge in [-0.3, -0.25) is 19.5 Å². The molecule has 3 heterocycles. The molecule has 0 spiro atoms. The maximum atomic E-state index is 13.7. The number of esters is 1. The van der Waals surface area contributed by atoms with Gasteiger partial charge in [0.05, 0.1) is 27.3 Å². The fraction of sp³-hybridized carbons (Fsp3) is 0.148. The molecule has 5 rings (SSSR count). The van der Waals surface area contributed by atoms with Gasteiger partial charge in [0.25, 0.3) is 11.2 Å². The van der Waals surface area contributed by atoms with E-state index in [1.54, 1.807) is 68.5 Å². The number of halogens is 1. The minimum Gasteiger partial charge on any atom is -0.463 e. The molecule has 2 aromatic heterocycles. The molecule has 4 aromatic rings. The maximum absolute atomic E-state index is 13.7. The van der Waals surface area contributed by atoms with Crippen LogP contribution in [-0.2, 0) is 9.53 Å². The van der Waals surface area contributed by atoms with E-state index < -0.39 is 16.9 Å². The zero-order chi connectivity index (χ0) is 27.0. The molecule has 1 atom stereocenters. The van der Waals surface area contributed by atoms with Crippen LogP contribution in [0.5, 0.6) is 0 Å². The van der Waals surface area contributed by atoms with E-state index in [-0.39, 0.29) is 23.4 Å². The van der Waals surface area contributed by atoms with Gasteiger partial charge in [-0.25, -0.2) is 9.79 Å². The van der Waals surface area contributed by atoms with Crippen molar-refractivity contribution in [2.45, 2.75) is 19.9 Å². The number of nitrogens with zero attached hydrogens (tertiary/aromatic N) is 3. The van der Waals surface area contributed by atoms with Gasteiger partial charge in [0.15, 0.2) is 4.80 Å². The average molecular weight is 550 g/mol. The Hall–Kier alpha value is -4.28. The minimum absolute atomic E-state index is 0.0211. The fourth-order valence-corrected chi connectivity index (χ4v) is 5.51. The molecular weight excluding hydrogens is 530 g/mol. The molecule has 38 heavy (non-hydrogen) atoms. The predicted octanol–water partition coefficient (Wildman–Crippen LogP) is 4.62. The lowest BCUT2D eigenvalue weighted by atomic mass is 9.96. The molecule has 0 amide bonds. The Balaban J connectivity index is 1.61. The van der Waals surface area contributed by atoms with Crippen molar-refractivity contribution in [1.29, 1.82) is 0 Å². The highest BCUT2D eigenvalue weighted by Gasteiger charge is 2.34. The van der Waals surface area contributed by atoms with E-state index in [2.05, 4.69) is 4.99 Å². The molecule has 0 aliphatic carbocycles. The summed E-state index contributed by atoms with van der Waals surface area (Å²) in [7, 11) is 0. The third-order valence-corrected chi connectivity index (χ3v) is 7.31. The number of thiazole rings is 1. The number of aromatic nitrogens is 1. The maximum Gasteiger partial charge on any atom is 0.338 e. The first-order chi connectivity index (χ1) is 18.3. The number of ether oxygens (including phenoxy) is 1. The monoisotopic (exact) mass is 549 g/mol. The summed E-state index contributed by atoms with van der Waals surface area (Å²) in [5, 5.41) is 11.3. The van der Waals surface area contributed by atoms with Gasteiger partial charge in [0.1, 0.15) is 17.6 Å². The summed E-state index contributed by atoms with van der Waals surface area (Å²) < 4.78 is 13.0. The quantitative estimate of drug-likeness (QED) is 0.197. The molecule has 1 aliphatic heterocycles. The standard InChI is InChI=1S/C27H20ClN3O6S/c1-3-36-26(33)23-15(2)29-27-30(24(23)19-6-4-5-7-20(19)28)25(32)22(38-27)14-18-12-13-21(37-18)16-8-10-17(11-9-16)31(34)35/h4-14,24H,3H2,1-2H3/b22-14+. The van der Waals surface area contributed by atoms with E-state index >= 15 is 0 Å². The third-order valence-electron chi connectivity index (χ3n) is 5.98. The zero-order valence-electron chi connectivity index (χ0n) is 20.2. The van der Waals surface area contributed by atoms with Crippen LogP contribution in [0.15, 0.2) is 86.1 Å². The summed E-state index contributed by atoms with van der Waals surface area (Å²) in [6.07, 6.45) is 1.60. The lowest BCUT2D eigenvalue weighted by Crippen LogP contribution is -2.40. The van der Waals surface area contributed by atoms with E-state index in [9.17, 15) is 19.7 Å². The lowest BCUT2D eigenvalue weighted by molar-refractivity contribution is -0.384. The fourth-order valence-electron chi connectivity index (χ4n) is 4.24. The molecule has 1 unspecified atom stereocenters. The Morgan fingerprint density at radius 3 is 2.63 bits per heavy atom. The second-order valence-electron chi connectivity index (χ2n) is 8.33. The van der Waals surface area contributed by atoms with E-state index in [1.165, 1.54) is 28.0 Å². The van der Waals surface area contributed by atoms with Crippen LogP contribution in [0, 0.1) is 10.1 Å². The number of hydrogen-bond donors (Lipinski definition) is 0. The molecule has 0 bridgehead atoms. The summed E-state index contributed by atoms with van der Waals surface area (Å²) in [4.78, 5) is 42.1. The van der Waals surface area contributed by atoms with Crippen LogP contribution in [-0.4, -0.2) is 22.1 Å². The van der Waals surface area contributed by atoms with Gasteiger partial charge in [0.2, 0.25) is 0 Å². The molecular formula is C27H20ClN3O6S. The summed E-state index contributed by atoms with van der Waals surface area (Å²) in [6.45, 7) is 3.59. The largest absolute Gasteiger partial charge is 0.463 e. The number of furan rings is 1. The number of non-ortho nitro benzene ring substituents is 1. The first-order valence-corrected chi connectivity index (χ1v) is 12.8. The highest BCUT2D eigenvalue weighted by atomic mass is 35.5. The average Bonchev–Trinajstić information content (AvgIpc) is 3.48. The number of benzene rings is 2. The van der Waals surface area contributed by atoms with Crippen LogP contribution in [0.4, 0.5) is 5.69 Å². The van der Waals surface area contributed by atoms with Crippen LogP contribution in [0.1, 0.15) is 31.2 Å². The van der Waals surface area contributed by atoms with Crippen LogP contribution < -0.4 is 14.9 Å². The van der Waals surface area contributed by atoms with Crippen LogP contribution >= 0.6 is 22.9 Å². The van der Waals surface area contributed by atoms with Gasteiger partial charge in [-0.1, -0.05) is 41.1 Å². The number of rotatable bonds is 6.